The van der Waals surface area contributed by atoms with Crippen molar-refractivity contribution in [3.05, 3.63) is 64.2 Å². The van der Waals surface area contributed by atoms with Crippen LogP contribution in [0.5, 0.6) is 0 Å². The molecule has 112 valence electrons. The minimum atomic E-state index is -0.154. The maximum atomic E-state index is 12.8. The number of benzene rings is 2. The van der Waals surface area contributed by atoms with Crippen LogP contribution in [0.3, 0.4) is 0 Å². The van der Waals surface area contributed by atoms with Gasteiger partial charge in [-0.15, -0.1) is 0 Å². The predicted octanol–water partition coefficient (Wildman–Crippen LogP) is 3.04. The molecule has 0 saturated carbocycles. The molecule has 2 aromatic rings. The van der Waals surface area contributed by atoms with E-state index in [9.17, 15) is 9.59 Å². The van der Waals surface area contributed by atoms with Gasteiger partial charge >= 0.3 is 0 Å². The van der Waals surface area contributed by atoms with Crippen LogP contribution in [0.4, 0.5) is 5.69 Å². The number of anilines is 1. The number of carbonyl (C=O) groups is 2. The van der Waals surface area contributed by atoms with Crippen LogP contribution in [0.15, 0.2) is 42.5 Å². The molecular formula is C17H15ClN2O2. The van der Waals surface area contributed by atoms with E-state index in [1.54, 1.807) is 41.3 Å². The average molecular weight is 315 g/mol. The Morgan fingerprint density at radius 3 is 2.77 bits per heavy atom. The molecule has 0 unspecified atom stereocenters. The van der Waals surface area contributed by atoms with Crippen LogP contribution < -0.4 is 10.2 Å². The van der Waals surface area contributed by atoms with Gasteiger partial charge in [-0.2, -0.15) is 0 Å². The van der Waals surface area contributed by atoms with Crippen molar-refractivity contribution >= 4 is 29.1 Å². The Labute approximate surface area is 133 Å². The zero-order valence-electron chi connectivity index (χ0n) is 12.1. The maximum Gasteiger partial charge on any atom is 0.258 e. The van der Waals surface area contributed by atoms with Gasteiger partial charge in [0, 0.05) is 23.7 Å². The quantitative estimate of drug-likeness (QED) is 0.879. The minimum absolute atomic E-state index is 0.135. The number of nitrogens with zero attached hydrogens (tertiary/aromatic N) is 1. The molecule has 2 aromatic carbocycles. The number of hydrogen-bond donors (Lipinski definition) is 1. The molecule has 0 saturated heterocycles. The normalized spacial score (nSPS) is 14.1. The summed E-state index contributed by atoms with van der Waals surface area (Å²) in [5.74, 6) is -0.290. The molecule has 1 heterocycles. The first-order valence-electron chi connectivity index (χ1n) is 7.03. The lowest BCUT2D eigenvalue weighted by Crippen LogP contribution is -2.35. The lowest BCUT2D eigenvalue weighted by molar-refractivity contribution is 0.0953. The molecule has 0 spiro atoms. The molecular weight excluding hydrogens is 300 g/mol. The van der Waals surface area contributed by atoms with Gasteiger partial charge in [0.05, 0.1) is 11.3 Å². The van der Waals surface area contributed by atoms with Crippen LogP contribution in [0.2, 0.25) is 5.02 Å². The minimum Gasteiger partial charge on any atom is -0.350 e. The summed E-state index contributed by atoms with van der Waals surface area (Å²) in [5.41, 5.74) is 2.56. The highest BCUT2D eigenvalue weighted by Gasteiger charge is 2.25. The first kappa shape index (κ1) is 14.6. The molecule has 2 amide bonds. The molecule has 0 bridgehead atoms. The second-order valence-corrected chi connectivity index (χ2v) is 5.60. The highest BCUT2D eigenvalue weighted by molar-refractivity contribution is 6.31. The molecule has 3 rings (SSSR count). The topological polar surface area (TPSA) is 49.4 Å². The standard InChI is InChI=1S/C17H15ClN2O2/c1-11-10-12(6-7-14(11)18)17(22)20-9-8-19-16(21)13-4-2-3-5-15(13)20/h2-7,10H,8-9H2,1H3,(H,19,21). The van der Waals surface area contributed by atoms with E-state index in [1.165, 1.54) is 0 Å². The van der Waals surface area contributed by atoms with Gasteiger partial charge < -0.3 is 10.2 Å². The summed E-state index contributed by atoms with van der Waals surface area (Å²) < 4.78 is 0. The molecule has 0 aliphatic carbocycles. The lowest BCUT2D eigenvalue weighted by Gasteiger charge is -2.22. The van der Waals surface area contributed by atoms with Crippen molar-refractivity contribution in [3.8, 4) is 0 Å². The van der Waals surface area contributed by atoms with Crippen LogP contribution in [0.25, 0.3) is 0 Å². The van der Waals surface area contributed by atoms with E-state index < -0.39 is 0 Å². The van der Waals surface area contributed by atoms with E-state index in [2.05, 4.69) is 5.32 Å². The fourth-order valence-electron chi connectivity index (χ4n) is 2.54. The molecule has 1 aliphatic heterocycles. The maximum absolute atomic E-state index is 12.8. The van der Waals surface area contributed by atoms with Gasteiger partial charge in [-0.3, -0.25) is 9.59 Å². The second-order valence-electron chi connectivity index (χ2n) is 5.19. The van der Waals surface area contributed by atoms with Crippen LogP contribution in [0.1, 0.15) is 26.3 Å². The molecule has 5 heteroatoms. The lowest BCUT2D eigenvalue weighted by atomic mass is 10.1. The number of nitrogens with one attached hydrogen (secondary N) is 1. The van der Waals surface area contributed by atoms with Crippen molar-refractivity contribution in [3.63, 3.8) is 0 Å². The number of fused-ring (bicyclic) bond motifs is 1. The molecule has 0 aromatic heterocycles. The van der Waals surface area contributed by atoms with Crippen molar-refractivity contribution < 1.29 is 9.59 Å². The average Bonchev–Trinajstić information content (AvgIpc) is 2.69. The Balaban J connectivity index is 2.03. The Hall–Kier alpha value is -2.33. The zero-order chi connectivity index (χ0) is 15.7. The third kappa shape index (κ3) is 2.57. The molecule has 0 fully saturated rings. The summed E-state index contributed by atoms with van der Waals surface area (Å²) in [5, 5.41) is 3.43. The number of rotatable bonds is 1. The van der Waals surface area contributed by atoms with Crippen LogP contribution in [0, 0.1) is 6.92 Å². The smallest absolute Gasteiger partial charge is 0.258 e. The van der Waals surface area contributed by atoms with Crippen molar-refractivity contribution in [2.24, 2.45) is 0 Å². The summed E-state index contributed by atoms with van der Waals surface area (Å²) >= 11 is 6.02. The number of hydrogen-bond acceptors (Lipinski definition) is 2. The van der Waals surface area contributed by atoms with E-state index in [0.29, 0.717) is 34.9 Å². The van der Waals surface area contributed by atoms with Gasteiger partial charge in [0.1, 0.15) is 0 Å². The fraction of sp³-hybridized carbons (Fsp3) is 0.176. The van der Waals surface area contributed by atoms with Gasteiger partial charge in [0.2, 0.25) is 0 Å². The van der Waals surface area contributed by atoms with Crippen molar-refractivity contribution in [1.29, 1.82) is 0 Å². The van der Waals surface area contributed by atoms with E-state index >= 15 is 0 Å². The van der Waals surface area contributed by atoms with E-state index in [4.69, 9.17) is 11.6 Å². The molecule has 1 aliphatic rings. The molecule has 0 atom stereocenters. The summed E-state index contributed by atoms with van der Waals surface area (Å²) in [6.45, 7) is 2.72. The van der Waals surface area contributed by atoms with Gasteiger partial charge in [0.15, 0.2) is 0 Å². The van der Waals surface area contributed by atoms with Crippen molar-refractivity contribution in [2.75, 3.05) is 18.0 Å². The number of carbonyl (C=O) groups excluding carboxylic acids is 2. The fourth-order valence-corrected chi connectivity index (χ4v) is 2.66. The monoisotopic (exact) mass is 314 g/mol. The van der Waals surface area contributed by atoms with Crippen molar-refractivity contribution in [2.45, 2.75) is 6.92 Å². The third-order valence-corrected chi connectivity index (χ3v) is 4.13. The Kier molecular flexibility index (Phi) is 3.86. The molecule has 1 N–H and O–H groups in total. The van der Waals surface area contributed by atoms with Gasteiger partial charge in [0.25, 0.3) is 11.8 Å². The van der Waals surface area contributed by atoms with Gasteiger partial charge in [-0.1, -0.05) is 23.7 Å². The SMILES string of the molecule is Cc1cc(C(=O)N2CCNC(=O)c3ccccc32)ccc1Cl. The van der Waals surface area contributed by atoms with Crippen LogP contribution in [-0.4, -0.2) is 24.9 Å². The molecule has 4 nitrogen and oxygen atoms in total. The second kappa shape index (κ2) is 5.81. The van der Waals surface area contributed by atoms with Crippen LogP contribution in [-0.2, 0) is 0 Å². The number of amides is 2. The van der Waals surface area contributed by atoms with Crippen molar-refractivity contribution in [1.82, 2.24) is 5.32 Å². The van der Waals surface area contributed by atoms with E-state index in [-0.39, 0.29) is 11.8 Å². The Bertz CT molecular complexity index is 758. The van der Waals surface area contributed by atoms with E-state index in [0.717, 1.165) is 5.56 Å². The number of aryl methyl sites for hydroxylation is 1. The third-order valence-electron chi connectivity index (χ3n) is 3.71. The van der Waals surface area contributed by atoms with E-state index in [1.807, 2.05) is 13.0 Å². The summed E-state index contributed by atoms with van der Waals surface area (Å²) in [4.78, 5) is 26.5. The summed E-state index contributed by atoms with van der Waals surface area (Å²) in [6, 6.07) is 12.3. The number of halogens is 1. The summed E-state index contributed by atoms with van der Waals surface area (Å²) in [7, 11) is 0. The Morgan fingerprint density at radius 2 is 2.00 bits per heavy atom. The highest BCUT2D eigenvalue weighted by Crippen LogP contribution is 2.25. The zero-order valence-corrected chi connectivity index (χ0v) is 12.9. The predicted molar refractivity (Wildman–Crippen MR) is 86.6 cm³/mol. The first-order valence-corrected chi connectivity index (χ1v) is 7.41. The van der Waals surface area contributed by atoms with Gasteiger partial charge in [-0.05, 0) is 42.8 Å². The molecule has 22 heavy (non-hydrogen) atoms. The largest absolute Gasteiger partial charge is 0.350 e. The summed E-state index contributed by atoms with van der Waals surface area (Å²) in [6.07, 6.45) is 0. The van der Waals surface area contributed by atoms with Gasteiger partial charge in [-0.25, -0.2) is 0 Å². The first-order chi connectivity index (χ1) is 10.6. The van der Waals surface area contributed by atoms with Crippen LogP contribution >= 0.6 is 11.6 Å². The highest BCUT2D eigenvalue weighted by atomic mass is 35.5. The number of para-hydroxylation sites is 1. The molecule has 0 radical (unpaired) electrons. The Morgan fingerprint density at radius 1 is 1.23 bits per heavy atom.